The molecule has 0 saturated carbocycles. The van der Waals surface area contributed by atoms with Gasteiger partial charge in [-0.15, -0.1) is 0 Å². The summed E-state index contributed by atoms with van der Waals surface area (Å²) in [6, 6.07) is 2.15. The van der Waals surface area contributed by atoms with E-state index < -0.39 is 0 Å². The van der Waals surface area contributed by atoms with E-state index in [0.717, 1.165) is 23.3 Å². The van der Waals surface area contributed by atoms with E-state index in [9.17, 15) is 0 Å². The molecule has 0 radical (unpaired) electrons. The lowest BCUT2D eigenvalue weighted by Gasteiger charge is -2.22. The van der Waals surface area contributed by atoms with Crippen LogP contribution in [0.25, 0.3) is 0 Å². The summed E-state index contributed by atoms with van der Waals surface area (Å²) in [5, 5.41) is 4.36. The Morgan fingerprint density at radius 2 is 2.36 bits per heavy atom. The summed E-state index contributed by atoms with van der Waals surface area (Å²) in [6.07, 6.45) is 0. The number of hydrogen-bond acceptors (Lipinski definition) is 2. The fourth-order valence-electron chi connectivity index (χ4n) is 1.36. The quantitative estimate of drug-likeness (QED) is 0.649. The minimum Gasteiger partial charge on any atom is -0.299 e. The third kappa shape index (κ3) is 1.41. The van der Waals surface area contributed by atoms with Crippen molar-refractivity contribution in [2.45, 2.75) is 13.1 Å². The van der Waals surface area contributed by atoms with Gasteiger partial charge in [-0.2, -0.15) is 5.10 Å². The van der Waals surface area contributed by atoms with Crippen LogP contribution in [-0.4, -0.2) is 28.3 Å². The Morgan fingerprint density at radius 3 is 3.18 bits per heavy atom. The maximum absolute atomic E-state index is 4.36. The smallest absolute Gasteiger partial charge is 0.123 e. The predicted octanol–water partition coefficient (Wildman–Crippen LogP) is 0.933. The first-order chi connectivity index (χ1) is 5.25. The molecule has 1 aromatic heterocycles. The number of aromatic nitrogens is 2. The molecule has 0 fully saturated rings. The molecule has 11 heavy (non-hydrogen) atoms. The third-order valence-electron chi connectivity index (χ3n) is 1.96. The van der Waals surface area contributed by atoms with Crippen molar-refractivity contribution in [3.8, 4) is 0 Å². The van der Waals surface area contributed by atoms with Crippen LogP contribution in [0.3, 0.4) is 0 Å². The molecule has 0 spiro atoms. The van der Waals surface area contributed by atoms with Gasteiger partial charge in [0.2, 0.25) is 0 Å². The van der Waals surface area contributed by atoms with Gasteiger partial charge >= 0.3 is 0 Å². The molecule has 0 saturated heterocycles. The zero-order valence-corrected chi connectivity index (χ0v) is 8.58. The highest BCUT2D eigenvalue weighted by Crippen LogP contribution is 2.12. The molecule has 0 atom stereocenters. The molecule has 1 aromatic rings. The largest absolute Gasteiger partial charge is 0.299 e. The van der Waals surface area contributed by atoms with Crippen molar-refractivity contribution in [2.24, 2.45) is 0 Å². The summed E-state index contributed by atoms with van der Waals surface area (Å²) in [7, 11) is 2.14. The zero-order valence-electron chi connectivity index (χ0n) is 6.42. The van der Waals surface area contributed by atoms with Gasteiger partial charge in [-0.3, -0.25) is 9.58 Å². The lowest BCUT2D eigenvalue weighted by molar-refractivity contribution is 0.258. The van der Waals surface area contributed by atoms with E-state index in [2.05, 4.69) is 50.4 Å². The van der Waals surface area contributed by atoms with Crippen LogP contribution in [0.2, 0.25) is 0 Å². The molecule has 0 N–H and O–H groups in total. The monoisotopic (exact) mass is 263 g/mol. The Balaban J connectivity index is 2.34. The van der Waals surface area contributed by atoms with E-state index in [0.29, 0.717) is 0 Å². The Labute approximate surface area is 79.5 Å². The molecule has 2 heterocycles. The topological polar surface area (TPSA) is 21.1 Å². The van der Waals surface area contributed by atoms with Crippen molar-refractivity contribution in [3.05, 3.63) is 15.5 Å². The highest BCUT2D eigenvalue weighted by atomic mass is 127. The average Bonchev–Trinajstić information content (AvgIpc) is 2.27. The van der Waals surface area contributed by atoms with Crippen LogP contribution in [0.5, 0.6) is 0 Å². The maximum Gasteiger partial charge on any atom is 0.123 e. The van der Waals surface area contributed by atoms with Crippen molar-refractivity contribution in [2.75, 3.05) is 13.6 Å². The van der Waals surface area contributed by atoms with E-state index in [4.69, 9.17) is 0 Å². The summed E-state index contributed by atoms with van der Waals surface area (Å²) < 4.78 is 3.20. The van der Waals surface area contributed by atoms with E-state index in [1.165, 1.54) is 5.69 Å². The second-order valence-electron chi connectivity index (χ2n) is 2.92. The number of fused-ring (bicyclic) bond motifs is 1. The highest BCUT2D eigenvalue weighted by molar-refractivity contribution is 14.1. The van der Waals surface area contributed by atoms with Crippen molar-refractivity contribution in [1.29, 1.82) is 0 Å². The summed E-state index contributed by atoms with van der Waals surface area (Å²) >= 11 is 2.26. The van der Waals surface area contributed by atoms with Gasteiger partial charge in [0.25, 0.3) is 0 Å². The van der Waals surface area contributed by atoms with Crippen molar-refractivity contribution >= 4 is 22.6 Å². The minimum absolute atomic E-state index is 1.04. The number of halogens is 1. The van der Waals surface area contributed by atoms with Crippen LogP contribution in [-0.2, 0) is 13.1 Å². The van der Waals surface area contributed by atoms with Crippen LogP contribution in [0.15, 0.2) is 6.07 Å². The molecule has 0 amide bonds. The summed E-state index contributed by atoms with van der Waals surface area (Å²) in [6.45, 7) is 3.19. The molecule has 0 aliphatic carbocycles. The molecule has 0 aromatic carbocycles. The standard InChI is InChI=1S/C7H10IN3/c1-10-2-3-11-6(5-10)4-7(8)9-11/h4H,2-3,5H2,1H3. The van der Waals surface area contributed by atoms with Gasteiger partial charge in [0, 0.05) is 13.1 Å². The van der Waals surface area contributed by atoms with Gasteiger partial charge in [-0.05, 0) is 35.7 Å². The van der Waals surface area contributed by atoms with Gasteiger partial charge in [0.1, 0.15) is 3.70 Å². The van der Waals surface area contributed by atoms with Crippen LogP contribution < -0.4 is 0 Å². The normalized spacial score (nSPS) is 18.4. The van der Waals surface area contributed by atoms with Crippen LogP contribution >= 0.6 is 22.6 Å². The number of rotatable bonds is 0. The Morgan fingerprint density at radius 1 is 1.55 bits per heavy atom. The van der Waals surface area contributed by atoms with Gasteiger partial charge < -0.3 is 0 Å². The molecule has 2 rings (SSSR count). The molecule has 0 unspecified atom stereocenters. The Kier molecular flexibility index (Phi) is 1.88. The number of likely N-dealkylation sites (N-methyl/N-ethyl adjacent to an activating group) is 1. The first-order valence-electron chi connectivity index (χ1n) is 3.66. The van der Waals surface area contributed by atoms with Crippen molar-refractivity contribution in [3.63, 3.8) is 0 Å². The molecule has 1 aliphatic rings. The summed E-state index contributed by atoms with van der Waals surface area (Å²) in [5.41, 5.74) is 1.34. The summed E-state index contributed by atoms with van der Waals surface area (Å²) in [5.74, 6) is 0. The van der Waals surface area contributed by atoms with Gasteiger partial charge in [0.05, 0.1) is 12.2 Å². The van der Waals surface area contributed by atoms with E-state index >= 15 is 0 Å². The predicted molar refractivity (Wildman–Crippen MR) is 51.3 cm³/mol. The zero-order chi connectivity index (χ0) is 7.84. The fourth-order valence-corrected chi connectivity index (χ4v) is 1.98. The van der Waals surface area contributed by atoms with Crippen LogP contribution in [0.4, 0.5) is 0 Å². The second-order valence-corrected chi connectivity index (χ2v) is 4.02. The lowest BCUT2D eigenvalue weighted by atomic mass is 10.3. The van der Waals surface area contributed by atoms with E-state index in [1.54, 1.807) is 0 Å². The average molecular weight is 263 g/mol. The van der Waals surface area contributed by atoms with Gasteiger partial charge in [0.15, 0.2) is 0 Å². The molecular formula is C7H10IN3. The van der Waals surface area contributed by atoms with Gasteiger partial charge in [-0.25, -0.2) is 0 Å². The number of nitrogens with zero attached hydrogens (tertiary/aromatic N) is 3. The Bertz CT molecular complexity index is 269. The first-order valence-corrected chi connectivity index (χ1v) is 4.74. The summed E-state index contributed by atoms with van der Waals surface area (Å²) in [4.78, 5) is 2.31. The second kappa shape index (κ2) is 2.75. The molecule has 60 valence electrons. The first kappa shape index (κ1) is 7.54. The third-order valence-corrected chi connectivity index (χ3v) is 2.49. The fraction of sp³-hybridized carbons (Fsp3) is 0.571. The van der Waals surface area contributed by atoms with Crippen molar-refractivity contribution in [1.82, 2.24) is 14.7 Å². The maximum atomic E-state index is 4.36. The molecule has 1 aliphatic heterocycles. The van der Waals surface area contributed by atoms with Crippen LogP contribution in [0, 0.1) is 3.70 Å². The van der Waals surface area contributed by atoms with Crippen LogP contribution in [0.1, 0.15) is 5.69 Å². The molecule has 3 nitrogen and oxygen atoms in total. The Hall–Kier alpha value is -0.100. The minimum atomic E-state index is 1.04. The van der Waals surface area contributed by atoms with Crippen molar-refractivity contribution < 1.29 is 0 Å². The van der Waals surface area contributed by atoms with E-state index in [1.807, 2.05) is 0 Å². The van der Waals surface area contributed by atoms with Gasteiger partial charge in [-0.1, -0.05) is 0 Å². The number of hydrogen-bond donors (Lipinski definition) is 0. The molecule has 0 bridgehead atoms. The molecule has 4 heteroatoms. The highest BCUT2D eigenvalue weighted by Gasteiger charge is 2.13. The SMILES string of the molecule is CN1CCn2nc(I)cc2C1. The van der Waals surface area contributed by atoms with E-state index in [-0.39, 0.29) is 0 Å². The molecular weight excluding hydrogens is 253 g/mol. The lowest BCUT2D eigenvalue weighted by Crippen LogP contribution is -2.30.